The van der Waals surface area contributed by atoms with Crippen molar-refractivity contribution in [2.24, 2.45) is 0 Å². The summed E-state index contributed by atoms with van der Waals surface area (Å²) in [7, 11) is 0. The Kier molecular flexibility index (Phi) is 4.45. The first-order chi connectivity index (χ1) is 9.48. The summed E-state index contributed by atoms with van der Waals surface area (Å²) in [5.74, 6) is -1.36. The van der Waals surface area contributed by atoms with Crippen molar-refractivity contribution >= 4 is 23.2 Å². The van der Waals surface area contributed by atoms with Crippen molar-refractivity contribution < 1.29 is 19.4 Å². The molecule has 2 heterocycles. The number of carboxylic acid groups (broad SMARTS) is 1. The first-order valence-corrected chi connectivity index (χ1v) is 7.53. The molecule has 1 aliphatic heterocycles. The van der Waals surface area contributed by atoms with Gasteiger partial charge in [0.25, 0.3) is 5.91 Å². The van der Waals surface area contributed by atoms with Crippen LogP contribution in [-0.4, -0.2) is 35.7 Å². The molecule has 20 heavy (non-hydrogen) atoms. The second-order valence-electron chi connectivity index (χ2n) is 5.09. The van der Waals surface area contributed by atoms with Gasteiger partial charge in [0.15, 0.2) is 5.54 Å². The first kappa shape index (κ1) is 15.0. The Hall–Kier alpha value is -1.40. The monoisotopic (exact) mass is 297 g/mol. The van der Waals surface area contributed by atoms with Gasteiger partial charge in [0, 0.05) is 17.9 Å². The summed E-state index contributed by atoms with van der Waals surface area (Å²) in [4.78, 5) is 25.3. The van der Waals surface area contributed by atoms with Crippen LogP contribution in [0.3, 0.4) is 0 Å². The molecule has 6 heteroatoms. The van der Waals surface area contributed by atoms with Crippen LogP contribution in [0.5, 0.6) is 0 Å². The number of rotatable bonds is 5. The molecule has 1 fully saturated rings. The van der Waals surface area contributed by atoms with Gasteiger partial charge in [0.2, 0.25) is 0 Å². The van der Waals surface area contributed by atoms with Crippen molar-refractivity contribution in [3.8, 4) is 0 Å². The van der Waals surface area contributed by atoms with Gasteiger partial charge in [-0.15, -0.1) is 11.3 Å². The Morgan fingerprint density at radius 3 is 2.85 bits per heavy atom. The van der Waals surface area contributed by atoms with Crippen LogP contribution in [0.1, 0.15) is 39.9 Å². The smallest absolute Gasteiger partial charge is 0.331 e. The number of aryl methyl sites for hydroxylation is 2. The van der Waals surface area contributed by atoms with Crippen LogP contribution in [0, 0.1) is 6.92 Å². The minimum Gasteiger partial charge on any atom is -0.479 e. The summed E-state index contributed by atoms with van der Waals surface area (Å²) >= 11 is 1.41. The topological polar surface area (TPSA) is 75.6 Å². The summed E-state index contributed by atoms with van der Waals surface area (Å²) in [6.07, 6.45) is 2.26. The molecule has 110 valence electrons. The number of hydrogen-bond donors (Lipinski definition) is 2. The second kappa shape index (κ2) is 5.93. The summed E-state index contributed by atoms with van der Waals surface area (Å²) in [5.41, 5.74) is -0.116. The van der Waals surface area contributed by atoms with Crippen molar-refractivity contribution in [1.29, 1.82) is 0 Å². The van der Waals surface area contributed by atoms with Crippen LogP contribution >= 0.6 is 11.3 Å². The molecule has 0 aliphatic carbocycles. The number of aliphatic carboxylic acids is 1. The standard InChI is InChI=1S/C14H19NO4S/c1-3-4-10-7-11(20-9(10)2)12(16)15-14(13(17)18)5-6-19-8-14/h7H,3-6,8H2,1-2H3,(H,15,16)(H,17,18). The molecular formula is C14H19NO4S. The number of nitrogens with one attached hydrogen (secondary N) is 1. The molecule has 0 bridgehead atoms. The molecule has 0 aromatic carbocycles. The first-order valence-electron chi connectivity index (χ1n) is 6.71. The van der Waals surface area contributed by atoms with E-state index in [0.29, 0.717) is 17.9 Å². The maximum atomic E-state index is 12.3. The minimum atomic E-state index is -1.28. The molecule has 1 atom stereocenters. The lowest BCUT2D eigenvalue weighted by molar-refractivity contribution is -0.144. The van der Waals surface area contributed by atoms with Gasteiger partial charge in [-0.25, -0.2) is 4.79 Å². The van der Waals surface area contributed by atoms with Gasteiger partial charge in [0.1, 0.15) is 0 Å². The Bertz CT molecular complexity index is 517. The lowest BCUT2D eigenvalue weighted by atomic mass is 9.99. The number of thiophene rings is 1. The number of carboxylic acids is 1. The number of carbonyl (C=O) groups is 2. The second-order valence-corrected chi connectivity index (χ2v) is 6.34. The lowest BCUT2D eigenvalue weighted by Crippen LogP contribution is -2.55. The maximum absolute atomic E-state index is 12.3. The van der Waals surface area contributed by atoms with E-state index < -0.39 is 11.5 Å². The third kappa shape index (κ3) is 2.86. The van der Waals surface area contributed by atoms with E-state index in [9.17, 15) is 14.7 Å². The van der Waals surface area contributed by atoms with E-state index in [-0.39, 0.29) is 12.5 Å². The number of carbonyl (C=O) groups excluding carboxylic acids is 1. The number of hydrogen-bond acceptors (Lipinski definition) is 4. The van der Waals surface area contributed by atoms with Gasteiger partial charge in [-0.1, -0.05) is 13.3 Å². The Balaban J connectivity index is 2.15. The lowest BCUT2D eigenvalue weighted by Gasteiger charge is -2.23. The third-order valence-corrected chi connectivity index (χ3v) is 4.64. The molecule has 1 aliphatic rings. The predicted octanol–water partition coefficient (Wildman–Crippen LogP) is 1.98. The average Bonchev–Trinajstić information content (AvgIpc) is 2.99. The van der Waals surface area contributed by atoms with Crippen LogP contribution in [0.2, 0.25) is 0 Å². The fraction of sp³-hybridized carbons (Fsp3) is 0.571. The molecule has 1 saturated heterocycles. The van der Waals surface area contributed by atoms with Crippen molar-refractivity contribution in [3.63, 3.8) is 0 Å². The SMILES string of the molecule is CCCc1cc(C(=O)NC2(C(=O)O)CCOC2)sc1C. The minimum absolute atomic E-state index is 0.0280. The highest BCUT2D eigenvalue weighted by molar-refractivity contribution is 7.14. The quantitative estimate of drug-likeness (QED) is 0.871. The van der Waals surface area contributed by atoms with Crippen LogP contribution in [0.4, 0.5) is 0 Å². The Labute approximate surface area is 121 Å². The van der Waals surface area contributed by atoms with Crippen LogP contribution in [-0.2, 0) is 16.0 Å². The van der Waals surface area contributed by atoms with Crippen LogP contribution < -0.4 is 5.32 Å². The molecule has 2 N–H and O–H groups in total. The molecule has 1 unspecified atom stereocenters. The fourth-order valence-corrected chi connectivity index (χ4v) is 3.28. The predicted molar refractivity (Wildman–Crippen MR) is 76.3 cm³/mol. The average molecular weight is 297 g/mol. The van der Waals surface area contributed by atoms with Gasteiger partial charge < -0.3 is 15.2 Å². The van der Waals surface area contributed by atoms with Crippen LogP contribution in [0.25, 0.3) is 0 Å². The number of amides is 1. The van der Waals surface area contributed by atoms with Gasteiger partial charge in [-0.3, -0.25) is 4.79 Å². The molecule has 5 nitrogen and oxygen atoms in total. The van der Waals surface area contributed by atoms with Gasteiger partial charge in [-0.2, -0.15) is 0 Å². The summed E-state index contributed by atoms with van der Waals surface area (Å²) in [6, 6.07) is 1.87. The van der Waals surface area contributed by atoms with E-state index in [4.69, 9.17) is 4.74 Å². The van der Waals surface area contributed by atoms with E-state index in [1.165, 1.54) is 11.3 Å². The Morgan fingerprint density at radius 2 is 2.30 bits per heavy atom. The summed E-state index contributed by atoms with van der Waals surface area (Å²) in [6.45, 7) is 4.46. The molecule has 1 aromatic rings. The van der Waals surface area contributed by atoms with Gasteiger partial charge >= 0.3 is 5.97 Å². The normalized spacial score (nSPS) is 21.9. The molecule has 0 spiro atoms. The van der Waals surface area contributed by atoms with E-state index in [1.54, 1.807) is 0 Å². The van der Waals surface area contributed by atoms with E-state index in [2.05, 4.69) is 12.2 Å². The van der Waals surface area contributed by atoms with Gasteiger partial charge in [-0.05, 0) is 25.0 Å². The fourth-order valence-electron chi connectivity index (χ4n) is 2.31. The highest BCUT2D eigenvalue weighted by Gasteiger charge is 2.44. The number of ether oxygens (including phenoxy) is 1. The summed E-state index contributed by atoms with van der Waals surface area (Å²) < 4.78 is 5.13. The van der Waals surface area contributed by atoms with Crippen molar-refractivity contribution in [2.45, 2.75) is 38.6 Å². The summed E-state index contributed by atoms with van der Waals surface area (Å²) in [5, 5.41) is 11.9. The van der Waals surface area contributed by atoms with Crippen molar-refractivity contribution in [1.82, 2.24) is 5.32 Å². The van der Waals surface area contributed by atoms with E-state index in [1.807, 2.05) is 13.0 Å². The largest absolute Gasteiger partial charge is 0.479 e. The molecule has 0 saturated carbocycles. The molecule has 1 aromatic heterocycles. The van der Waals surface area contributed by atoms with Crippen LogP contribution in [0.15, 0.2) is 6.07 Å². The zero-order valence-corrected chi connectivity index (χ0v) is 12.5. The van der Waals surface area contributed by atoms with Gasteiger partial charge in [0.05, 0.1) is 11.5 Å². The zero-order chi connectivity index (χ0) is 14.8. The molecule has 2 rings (SSSR count). The molecular weight excluding hydrogens is 278 g/mol. The molecule has 0 radical (unpaired) electrons. The van der Waals surface area contributed by atoms with E-state index >= 15 is 0 Å². The van der Waals surface area contributed by atoms with E-state index in [0.717, 1.165) is 23.3 Å². The van der Waals surface area contributed by atoms with Crippen molar-refractivity contribution in [2.75, 3.05) is 13.2 Å². The third-order valence-electron chi connectivity index (χ3n) is 3.55. The molecule has 1 amide bonds. The van der Waals surface area contributed by atoms with Crippen molar-refractivity contribution in [3.05, 3.63) is 21.4 Å². The highest BCUT2D eigenvalue weighted by atomic mass is 32.1. The highest BCUT2D eigenvalue weighted by Crippen LogP contribution is 2.25. The Morgan fingerprint density at radius 1 is 1.55 bits per heavy atom. The maximum Gasteiger partial charge on any atom is 0.331 e. The zero-order valence-electron chi connectivity index (χ0n) is 11.7.